The van der Waals surface area contributed by atoms with Gasteiger partial charge in [0.05, 0.1) is 5.41 Å². The zero-order valence-electron chi connectivity index (χ0n) is 10.2. The van der Waals surface area contributed by atoms with Crippen molar-refractivity contribution in [2.24, 2.45) is 5.41 Å². The fourth-order valence-electron chi connectivity index (χ4n) is 2.02. The highest BCUT2D eigenvalue weighted by molar-refractivity contribution is 6.01. The van der Waals surface area contributed by atoms with Crippen LogP contribution in [0.4, 0.5) is 4.79 Å². The fraction of sp³-hybridized carbons (Fsp3) is 0.667. The molecule has 0 aromatic carbocycles. The lowest BCUT2D eigenvalue weighted by atomic mass is 9.76. The third-order valence-electron chi connectivity index (χ3n) is 3.31. The second-order valence-corrected chi connectivity index (χ2v) is 4.25. The number of carbonyl (C=O) groups excluding carboxylic acids is 2. The Bertz CT molecular complexity index is 323. The van der Waals surface area contributed by atoms with Gasteiger partial charge < -0.3 is 5.32 Å². The molecule has 1 rings (SSSR count). The molecule has 1 aliphatic heterocycles. The van der Waals surface area contributed by atoms with Crippen LogP contribution in [0, 0.1) is 5.41 Å². The molecule has 16 heavy (non-hydrogen) atoms. The van der Waals surface area contributed by atoms with Gasteiger partial charge in [-0.2, -0.15) is 0 Å². The van der Waals surface area contributed by atoms with E-state index in [9.17, 15) is 9.59 Å². The summed E-state index contributed by atoms with van der Waals surface area (Å²) in [5.41, 5.74) is 0.498. The SMILES string of the molecule is CCCC=C(C)C1(CC)CNC(=O)NC1=O. The topological polar surface area (TPSA) is 58.2 Å². The van der Waals surface area contributed by atoms with Gasteiger partial charge >= 0.3 is 6.03 Å². The van der Waals surface area contributed by atoms with Crippen LogP contribution < -0.4 is 10.6 Å². The Morgan fingerprint density at radius 2 is 2.12 bits per heavy atom. The molecule has 1 heterocycles. The maximum absolute atomic E-state index is 11.9. The van der Waals surface area contributed by atoms with E-state index in [0.29, 0.717) is 13.0 Å². The standard InChI is InChI=1S/C12H20N2O2/c1-4-6-7-9(3)12(5-2)8-13-11(16)14-10(12)15/h7H,4-6,8H2,1-3H3,(H2,13,14,15,16). The van der Waals surface area contributed by atoms with E-state index in [1.54, 1.807) is 0 Å². The van der Waals surface area contributed by atoms with E-state index in [1.165, 1.54) is 0 Å². The van der Waals surface area contributed by atoms with Gasteiger partial charge in [-0.1, -0.05) is 31.9 Å². The Kier molecular flexibility index (Phi) is 4.10. The number of allylic oxidation sites excluding steroid dienone is 1. The van der Waals surface area contributed by atoms with Crippen molar-refractivity contribution in [3.63, 3.8) is 0 Å². The maximum Gasteiger partial charge on any atom is 0.321 e. The number of nitrogens with one attached hydrogen (secondary N) is 2. The number of hydrogen-bond donors (Lipinski definition) is 2. The number of imide groups is 1. The average Bonchev–Trinajstić information content (AvgIpc) is 2.27. The van der Waals surface area contributed by atoms with Crippen LogP contribution in [0.25, 0.3) is 0 Å². The van der Waals surface area contributed by atoms with E-state index in [4.69, 9.17) is 0 Å². The van der Waals surface area contributed by atoms with Crippen LogP contribution in [-0.4, -0.2) is 18.5 Å². The molecule has 0 bridgehead atoms. The van der Waals surface area contributed by atoms with Crippen LogP contribution in [0.3, 0.4) is 0 Å². The molecule has 2 N–H and O–H groups in total. The summed E-state index contributed by atoms with van der Waals surface area (Å²) < 4.78 is 0. The van der Waals surface area contributed by atoms with Crippen LogP contribution in [0.5, 0.6) is 0 Å². The highest BCUT2D eigenvalue weighted by Gasteiger charge is 2.42. The van der Waals surface area contributed by atoms with E-state index < -0.39 is 11.4 Å². The Morgan fingerprint density at radius 3 is 2.62 bits per heavy atom. The third-order valence-corrected chi connectivity index (χ3v) is 3.31. The molecule has 0 aromatic heterocycles. The summed E-state index contributed by atoms with van der Waals surface area (Å²) in [4.78, 5) is 23.0. The molecule has 0 aromatic rings. The Morgan fingerprint density at radius 1 is 1.44 bits per heavy atom. The largest absolute Gasteiger partial charge is 0.336 e. The van der Waals surface area contributed by atoms with Crippen LogP contribution in [-0.2, 0) is 4.79 Å². The van der Waals surface area contributed by atoms with Gasteiger partial charge in [0.1, 0.15) is 0 Å². The fourth-order valence-corrected chi connectivity index (χ4v) is 2.02. The van der Waals surface area contributed by atoms with Crippen molar-refractivity contribution in [2.75, 3.05) is 6.54 Å². The van der Waals surface area contributed by atoms with Gasteiger partial charge in [-0.05, 0) is 19.8 Å². The number of carbonyl (C=O) groups is 2. The molecule has 0 spiro atoms. The molecule has 0 radical (unpaired) electrons. The van der Waals surface area contributed by atoms with Crippen LogP contribution >= 0.6 is 0 Å². The van der Waals surface area contributed by atoms with E-state index >= 15 is 0 Å². The van der Waals surface area contributed by atoms with Crippen molar-refractivity contribution >= 4 is 11.9 Å². The van der Waals surface area contributed by atoms with Crippen molar-refractivity contribution in [1.82, 2.24) is 10.6 Å². The molecule has 1 unspecified atom stereocenters. The zero-order valence-corrected chi connectivity index (χ0v) is 10.2. The predicted octanol–water partition coefficient (Wildman–Crippen LogP) is 1.97. The minimum Gasteiger partial charge on any atom is -0.336 e. The Hall–Kier alpha value is -1.32. The van der Waals surface area contributed by atoms with Crippen molar-refractivity contribution < 1.29 is 9.59 Å². The molecule has 1 fully saturated rings. The van der Waals surface area contributed by atoms with Gasteiger partial charge in [-0.25, -0.2) is 4.79 Å². The summed E-state index contributed by atoms with van der Waals surface area (Å²) in [6, 6.07) is -0.391. The Balaban J connectivity index is 2.92. The molecular weight excluding hydrogens is 204 g/mol. The van der Waals surface area contributed by atoms with E-state index in [-0.39, 0.29) is 5.91 Å². The summed E-state index contributed by atoms with van der Waals surface area (Å²) in [6.45, 7) is 6.45. The minimum absolute atomic E-state index is 0.177. The first-order chi connectivity index (χ1) is 7.56. The van der Waals surface area contributed by atoms with Gasteiger partial charge in [-0.15, -0.1) is 0 Å². The molecule has 1 saturated heterocycles. The van der Waals surface area contributed by atoms with Crippen molar-refractivity contribution in [1.29, 1.82) is 0 Å². The monoisotopic (exact) mass is 224 g/mol. The molecule has 1 atom stereocenters. The summed E-state index contributed by atoms with van der Waals surface area (Å²) in [6.07, 6.45) is 4.83. The van der Waals surface area contributed by atoms with Crippen LogP contribution in [0.2, 0.25) is 0 Å². The lowest BCUT2D eigenvalue weighted by Crippen LogP contribution is -2.59. The first-order valence-electron chi connectivity index (χ1n) is 5.83. The highest BCUT2D eigenvalue weighted by atomic mass is 16.2. The second-order valence-electron chi connectivity index (χ2n) is 4.25. The second kappa shape index (κ2) is 5.14. The molecule has 90 valence electrons. The smallest absolute Gasteiger partial charge is 0.321 e. The van der Waals surface area contributed by atoms with Gasteiger partial charge in [0.15, 0.2) is 0 Å². The Labute approximate surface area is 96.5 Å². The van der Waals surface area contributed by atoms with Gasteiger partial charge in [-0.3, -0.25) is 10.1 Å². The summed E-state index contributed by atoms with van der Waals surface area (Å²) in [7, 11) is 0. The number of unbranched alkanes of at least 4 members (excludes halogenated alkanes) is 1. The van der Waals surface area contributed by atoms with Crippen molar-refractivity contribution in [3.05, 3.63) is 11.6 Å². The van der Waals surface area contributed by atoms with Gasteiger partial charge in [0.25, 0.3) is 0 Å². The molecular formula is C12H20N2O2. The average molecular weight is 224 g/mol. The first-order valence-corrected chi connectivity index (χ1v) is 5.83. The predicted molar refractivity (Wildman–Crippen MR) is 62.9 cm³/mol. The third kappa shape index (κ3) is 2.26. The molecule has 0 aliphatic carbocycles. The summed E-state index contributed by atoms with van der Waals surface area (Å²) >= 11 is 0. The van der Waals surface area contributed by atoms with Gasteiger partial charge in [0.2, 0.25) is 5.91 Å². The number of rotatable bonds is 4. The molecule has 4 nitrogen and oxygen atoms in total. The number of hydrogen-bond acceptors (Lipinski definition) is 2. The summed E-state index contributed by atoms with van der Waals surface area (Å²) in [5, 5.41) is 5.05. The molecule has 0 saturated carbocycles. The normalized spacial score (nSPS) is 26.3. The molecule has 1 aliphatic rings. The van der Waals surface area contributed by atoms with E-state index in [0.717, 1.165) is 18.4 Å². The summed E-state index contributed by atoms with van der Waals surface area (Å²) in [5.74, 6) is -0.177. The van der Waals surface area contributed by atoms with Gasteiger partial charge in [0, 0.05) is 6.54 Å². The van der Waals surface area contributed by atoms with Crippen molar-refractivity contribution in [2.45, 2.75) is 40.0 Å². The van der Waals surface area contributed by atoms with E-state index in [2.05, 4.69) is 23.6 Å². The van der Waals surface area contributed by atoms with E-state index in [1.807, 2.05) is 13.8 Å². The molecule has 3 amide bonds. The lowest BCUT2D eigenvalue weighted by Gasteiger charge is -2.36. The highest BCUT2D eigenvalue weighted by Crippen LogP contribution is 2.32. The lowest BCUT2D eigenvalue weighted by molar-refractivity contribution is -0.128. The molecule has 4 heteroatoms. The minimum atomic E-state index is -0.552. The van der Waals surface area contributed by atoms with Crippen LogP contribution in [0.15, 0.2) is 11.6 Å². The van der Waals surface area contributed by atoms with Crippen molar-refractivity contribution in [3.8, 4) is 0 Å². The maximum atomic E-state index is 11.9. The quantitative estimate of drug-likeness (QED) is 0.717. The first kappa shape index (κ1) is 12.7. The van der Waals surface area contributed by atoms with Crippen LogP contribution in [0.1, 0.15) is 40.0 Å². The number of amides is 3. The zero-order chi connectivity index (χ0) is 12.2. The number of urea groups is 1.